The molecule has 0 aromatic heterocycles. The lowest BCUT2D eigenvalue weighted by atomic mass is 9.75. The summed E-state index contributed by atoms with van der Waals surface area (Å²) in [5.41, 5.74) is 0.153. The molecule has 0 bridgehead atoms. The van der Waals surface area contributed by atoms with Crippen molar-refractivity contribution in [1.29, 1.82) is 0 Å². The van der Waals surface area contributed by atoms with E-state index >= 15 is 0 Å². The predicted octanol–water partition coefficient (Wildman–Crippen LogP) is 2.58. The van der Waals surface area contributed by atoms with Gasteiger partial charge in [0.2, 0.25) is 5.91 Å². The number of terminal acetylenes is 1. The van der Waals surface area contributed by atoms with E-state index in [0.29, 0.717) is 52.2 Å². The maximum atomic E-state index is 13.3. The van der Waals surface area contributed by atoms with Crippen LogP contribution in [0.1, 0.15) is 31.7 Å². The number of morpholine rings is 1. The normalized spacial score (nSPS) is 26.6. The van der Waals surface area contributed by atoms with E-state index in [2.05, 4.69) is 25.0 Å². The Kier molecular flexibility index (Phi) is 4.93. The van der Waals surface area contributed by atoms with Gasteiger partial charge in [-0.2, -0.15) is 0 Å². The average molecular weight is 327 g/mol. The number of rotatable bonds is 3. The van der Waals surface area contributed by atoms with Crippen LogP contribution in [0.5, 0.6) is 0 Å². The largest absolute Gasteiger partial charge is 0.381 e. The summed E-state index contributed by atoms with van der Waals surface area (Å²) >= 11 is 0. The van der Waals surface area contributed by atoms with Crippen molar-refractivity contribution in [2.24, 2.45) is 5.41 Å². The molecular weight excluding hydrogens is 302 g/mol. The molecule has 24 heavy (non-hydrogen) atoms. The molecular formula is C20H25NO3. The second kappa shape index (κ2) is 6.96. The Balaban J connectivity index is 1.81. The van der Waals surface area contributed by atoms with Crippen LogP contribution in [0.3, 0.4) is 0 Å². The molecule has 2 fully saturated rings. The molecule has 2 saturated heterocycles. The minimum absolute atomic E-state index is 0.161. The molecule has 4 heteroatoms. The van der Waals surface area contributed by atoms with Gasteiger partial charge in [0.15, 0.2) is 0 Å². The molecule has 1 aromatic carbocycles. The van der Waals surface area contributed by atoms with E-state index in [4.69, 9.17) is 15.9 Å². The third kappa shape index (κ3) is 3.19. The molecule has 0 spiro atoms. The second-order valence-electron chi connectivity index (χ2n) is 6.95. The molecule has 128 valence electrons. The lowest BCUT2D eigenvalue weighted by Gasteiger charge is -2.45. The van der Waals surface area contributed by atoms with Crippen molar-refractivity contribution >= 4 is 5.91 Å². The molecule has 1 aromatic rings. The number of amides is 1. The van der Waals surface area contributed by atoms with Gasteiger partial charge < -0.3 is 14.4 Å². The first-order valence-corrected chi connectivity index (χ1v) is 8.60. The molecule has 0 N–H and O–H groups in total. The highest BCUT2D eigenvalue weighted by Crippen LogP contribution is 2.38. The smallest absolute Gasteiger partial charge is 0.230 e. The zero-order valence-corrected chi connectivity index (χ0v) is 14.3. The van der Waals surface area contributed by atoms with Crippen LogP contribution in [0.15, 0.2) is 30.3 Å². The number of benzene rings is 1. The van der Waals surface area contributed by atoms with Crippen LogP contribution >= 0.6 is 0 Å². The van der Waals surface area contributed by atoms with E-state index in [1.54, 1.807) is 0 Å². The van der Waals surface area contributed by atoms with Crippen LogP contribution in [0.25, 0.3) is 0 Å². The molecule has 2 aliphatic heterocycles. The van der Waals surface area contributed by atoms with Crippen molar-refractivity contribution in [3.05, 3.63) is 35.9 Å². The Labute approximate surface area is 144 Å². The Morgan fingerprint density at radius 2 is 1.96 bits per heavy atom. The van der Waals surface area contributed by atoms with Crippen LogP contribution < -0.4 is 0 Å². The molecule has 3 rings (SSSR count). The summed E-state index contributed by atoms with van der Waals surface area (Å²) < 4.78 is 11.5. The van der Waals surface area contributed by atoms with E-state index in [1.165, 1.54) is 0 Å². The molecule has 1 unspecified atom stereocenters. The van der Waals surface area contributed by atoms with Crippen molar-refractivity contribution < 1.29 is 14.3 Å². The van der Waals surface area contributed by atoms with Gasteiger partial charge >= 0.3 is 0 Å². The third-order valence-corrected chi connectivity index (χ3v) is 5.29. The van der Waals surface area contributed by atoms with Crippen molar-refractivity contribution in [2.45, 2.75) is 31.8 Å². The van der Waals surface area contributed by atoms with Gasteiger partial charge in [-0.25, -0.2) is 0 Å². The molecule has 2 heterocycles. The van der Waals surface area contributed by atoms with Gasteiger partial charge in [-0.1, -0.05) is 30.3 Å². The monoisotopic (exact) mass is 327 g/mol. The van der Waals surface area contributed by atoms with E-state index in [1.807, 2.05) is 23.1 Å². The van der Waals surface area contributed by atoms with E-state index in [-0.39, 0.29) is 5.91 Å². The van der Waals surface area contributed by atoms with Gasteiger partial charge in [0, 0.05) is 26.2 Å². The van der Waals surface area contributed by atoms with Gasteiger partial charge in [-0.05, 0) is 25.3 Å². The Morgan fingerprint density at radius 3 is 2.62 bits per heavy atom. The summed E-state index contributed by atoms with van der Waals surface area (Å²) in [6.07, 6.45) is 7.46. The first kappa shape index (κ1) is 17.0. The van der Waals surface area contributed by atoms with Crippen LogP contribution in [-0.2, 0) is 19.9 Å². The summed E-state index contributed by atoms with van der Waals surface area (Å²) in [5.74, 6) is 2.88. The van der Waals surface area contributed by atoms with Crippen LogP contribution in [0.4, 0.5) is 0 Å². The fourth-order valence-electron chi connectivity index (χ4n) is 3.77. The van der Waals surface area contributed by atoms with Crippen LogP contribution in [0, 0.1) is 17.8 Å². The van der Waals surface area contributed by atoms with Crippen molar-refractivity contribution in [3.8, 4) is 12.3 Å². The van der Waals surface area contributed by atoms with Gasteiger partial charge in [-0.15, -0.1) is 12.3 Å². The third-order valence-electron chi connectivity index (χ3n) is 5.29. The Bertz CT molecular complexity index is 616. The molecule has 1 amide bonds. The molecule has 0 radical (unpaired) electrons. The lowest BCUT2D eigenvalue weighted by Crippen LogP contribution is -2.55. The minimum Gasteiger partial charge on any atom is -0.381 e. The predicted molar refractivity (Wildman–Crippen MR) is 92.3 cm³/mol. The maximum absolute atomic E-state index is 13.3. The number of hydrogen-bond acceptors (Lipinski definition) is 3. The fraction of sp³-hybridized carbons (Fsp3) is 0.550. The number of carbonyl (C=O) groups is 1. The molecule has 4 nitrogen and oxygen atoms in total. The van der Waals surface area contributed by atoms with Crippen molar-refractivity contribution in [3.63, 3.8) is 0 Å². The first-order valence-electron chi connectivity index (χ1n) is 8.60. The van der Waals surface area contributed by atoms with E-state index in [9.17, 15) is 4.79 Å². The highest BCUT2D eigenvalue weighted by atomic mass is 16.5. The lowest BCUT2D eigenvalue weighted by molar-refractivity contribution is -0.164. The summed E-state index contributed by atoms with van der Waals surface area (Å²) in [4.78, 5) is 15.2. The summed E-state index contributed by atoms with van der Waals surface area (Å²) in [5, 5.41) is 0. The quantitative estimate of drug-likeness (QED) is 0.801. The van der Waals surface area contributed by atoms with Gasteiger partial charge in [0.1, 0.15) is 5.60 Å². The number of carbonyl (C=O) groups excluding carboxylic acids is 1. The summed E-state index contributed by atoms with van der Waals surface area (Å²) in [6.45, 7) is 4.98. The second-order valence-corrected chi connectivity index (χ2v) is 6.95. The van der Waals surface area contributed by atoms with Crippen molar-refractivity contribution in [2.75, 3.05) is 32.9 Å². The highest BCUT2D eigenvalue weighted by Gasteiger charge is 2.45. The molecule has 0 aliphatic carbocycles. The molecule has 0 saturated carbocycles. The zero-order chi connectivity index (χ0) is 17.0. The average Bonchev–Trinajstić information content (AvgIpc) is 2.63. The van der Waals surface area contributed by atoms with Crippen LogP contribution in [-0.4, -0.2) is 43.7 Å². The fourth-order valence-corrected chi connectivity index (χ4v) is 3.77. The highest BCUT2D eigenvalue weighted by molar-refractivity contribution is 5.83. The van der Waals surface area contributed by atoms with Gasteiger partial charge in [-0.3, -0.25) is 4.79 Å². The molecule has 2 aliphatic rings. The standard InChI is InChI=1S/C20H25NO3/c1-3-9-20(10-13-23-14-11-20)18(22)21-12-15-24-19(2,16-21)17-7-5-4-6-8-17/h1,4-8H,9-16H2,2H3. The zero-order valence-electron chi connectivity index (χ0n) is 14.3. The van der Waals surface area contributed by atoms with E-state index in [0.717, 1.165) is 5.56 Å². The molecule has 1 atom stereocenters. The van der Waals surface area contributed by atoms with Crippen LogP contribution in [0.2, 0.25) is 0 Å². The van der Waals surface area contributed by atoms with Gasteiger partial charge in [0.25, 0.3) is 0 Å². The van der Waals surface area contributed by atoms with Crippen molar-refractivity contribution in [1.82, 2.24) is 4.90 Å². The topological polar surface area (TPSA) is 38.8 Å². The minimum atomic E-state index is -0.475. The summed E-state index contributed by atoms with van der Waals surface area (Å²) in [6, 6.07) is 10.1. The van der Waals surface area contributed by atoms with E-state index < -0.39 is 11.0 Å². The number of hydrogen-bond donors (Lipinski definition) is 0. The SMILES string of the molecule is C#CCC1(C(=O)N2CCOC(C)(c3ccccc3)C2)CCOCC1. The maximum Gasteiger partial charge on any atom is 0.230 e. The van der Waals surface area contributed by atoms with Gasteiger partial charge in [0.05, 0.1) is 18.6 Å². The Morgan fingerprint density at radius 1 is 1.25 bits per heavy atom. The Hall–Kier alpha value is -1.83. The summed E-state index contributed by atoms with van der Waals surface area (Å²) in [7, 11) is 0. The number of ether oxygens (including phenoxy) is 2. The number of nitrogens with zero attached hydrogens (tertiary/aromatic N) is 1. The first-order chi connectivity index (χ1) is 11.6.